The third-order valence-corrected chi connectivity index (χ3v) is 6.84. The molecule has 5 rings (SSSR count). The Kier molecular flexibility index (Phi) is 4.89. The molecule has 2 bridgehead atoms. The highest BCUT2D eigenvalue weighted by Crippen LogP contribution is 2.57. The van der Waals surface area contributed by atoms with Crippen LogP contribution in [0.1, 0.15) is 42.2 Å². The summed E-state index contributed by atoms with van der Waals surface area (Å²) in [5, 5.41) is 4.25. The predicted molar refractivity (Wildman–Crippen MR) is 114 cm³/mol. The molecule has 0 N–H and O–H groups in total. The molecule has 154 valence electrons. The summed E-state index contributed by atoms with van der Waals surface area (Å²) in [6.07, 6.45) is 3.35. The summed E-state index contributed by atoms with van der Waals surface area (Å²) in [7, 11) is 1.91. The molecule has 30 heavy (non-hydrogen) atoms. The van der Waals surface area contributed by atoms with E-state index in [4.69, 9.17) is 9.51 Å². The molecule has 0 unspecified atom stereocenters. The standard InChI is InChI=1S/C25H27N3O2/c1-16-7-6-10-20(13-16)23-26-24(30-27-23)21-18-11-12-19(14-18)22(21)25(29)28(2)15-17-8-4-3-5-9-17/h3-10,13,18-19,21-22H,11-12,14-15H2,1-2H3/t18-,19+,21+,22+/m1/s1. The summed E-state index contributed by atoms with van der Waals surface area (Å²) in [5.74, 6) is 2.28. The van der Waals surface area contributed by atoms with Gasteiger partial charge in [-0.15, -0.1) is 0 Å². The van der Waals surface area contributed by atoms with Crippen LogP contribution in [0.3, 0.4) is 0 Å². The van der Waals surface area contributed by atoms with Crippen LogP contribution >= 0.6 is 0 Å². The van der Waals surface area contributed by atoms with Crippen LogP contribution in [-0.4, -0.2) is 28.0 Å². The van der Waals surface area contributed by atoms with Crippen LogP contribution < -0.4 is 0 Å². The second-order valence-electron chi connectivity index (χ2n) is 8.89. The number of benzene rings is 2. The van der Waals surface area contributed by atoms with Gasteiger partial charge in [0, 0.05) is 19.2 Å². The fraction of sp³-hybridized carbons (Fsp3) is 0.400. The SMILES string of the molecule is Cc1cccc(-c2noc([C@H]3[C@@H]4CC[C@@H](C4)[C@@H]3C(=O)N(C)Cc3ccccc3)n2)c1. The molecule has 0 saturated heterocycles. The Labute approximate surface area is 177 Å². The molecule has 5 nitrogen and oxygen atoms in total. The van der Waals surface area contributed by atoms with Crippen molar-refractivity contribution in [1.29, 1.82) is 0 Å². The molecule has 1 amide bonds. The van der Waals surface area contributed by atoms with Crippen molar-refractivity contribution in [2.75, 3.05) is 7.05 Å². The highest BCUT2D eigenvalue weighted by atomic mass is 16.5. The Balaban J connectivity index is 1.40. The minimum atomic E-state index is -0.0664. The first-order valence-electron chi connectivity index (χ1n) is 10.8. The Hall–Kier alpha value is -2.95. The molecule has 0 spiro atoms. The van der Waals surface area contributed by atoms with Gasteiger partial charge in [-0.2, -0.15) is 4.98 Å². The quantitative estimate of drug-likeness (QED) is 0.614. The Bertz CT molecular complexity index is 1050. The number of carbonyl (C=O) groups is 1. The van der Waals surface area contributed by atoms with Crippen LogP contribution in [0.25, 0.3) is 11.4 Å². The summed E-state index contributed by atoms with van der Waals surface area (Å²) in [4.78, 5) is 20.1. The minimum Gasteiger partial charge on any atom is -0.341 e. The van der Waals surface area contributed by atoms with E-state index in [1.807, 2.05) is 42.3 Å². The molecule has 2 aliphatic carbocycles. The van der Waals surface area contributed by atoms with Crippen molar-refractivity contribution >= 4 is 5.91 Å². The minimum absolute atomic E-state index is 0.0283. The molecule has 1 heterocycles. The van der Waals surface area contributed by atoms with E-state index in [0.717, 1.165) is 36.0 Å². The largest absolute Gasteiger partial charge is 0.341 e. The molecule has 3 aromatic rings. The fourth-order valence-electron chi connectivity index (χ4n) is 5.46. The lowest BCUT2D eigenvalue weighted by atomic mass is 9.78. The monoisotopic (exact) mass is 401 g/mol. The molecule has 2 saturated carbocycles. The van der Waals surface area contributed by atoms with Crippen LogP contribution in [0.2, 0.25) is 0 Å². The molecule has 2 fully saturated rings. The number of aryl methyl sites for hydroxylation is 1. The zero-order valence-electron chi connectivity index (χ0n) is 17.5. The van der Waals surface area contributed by atoms with Crippen molar-refractivity contribution in [2.45, 2.75) is 38.6 Å². The summed E-state index contributed by atoms with van der Waals surface area (Å²) in [6, 6.07) is 18.3. The van der Waals surface area contributed by atoms with Crippen molar-refractivity contribution in [2.24, 2.45) is 17.8 Å². The number of amides is 1. The van der Waals surface area contributed by atoms with Crippen molar-refractivity contribution in [3.8, 4) is 11.4 Å². The number of hydrogen-bond acceptors (Lipinski definition) is 4. The molecule has 2 aliphatic rings. The second kappa shape index (κ2) is 7.71. The first-order chi connectivity index (χ1) is 14.6. The summed E-state index contributed by atoms with van der Waals surface area (Å²) >= 11 is 0. The van der Waals surface area contributed by atoms with Gasteiger partial charge in [0.2, 0.25) is 17.6 Å². The normalized spacial score (nSPS) is 24.9. The van der Waals surface area contributed by atoms with Gasteiger partial charge in [0.15, 0.2) is 0 Å². The van der Waals surface area contributed by atoms with Gasteiger partial charge in [-0.3, -0.25) is 4.79 Å². The van der Waals surface area contributed by atoms with Crippen LogP contribution in [0.4, 0.5) is 0 Å². The Morgan fingerprint density at radius 2 is 1.90 bits per heavy atom. The summed E-state index contributed by atoms with van der Waals surface area (Å²) < 4.78 is 5.74. The molecule has 4 atom stereocenters. The third kappa shape index (κ3) is 3.42. The number of fused-ring (bicyclic) bond motifs is 2. The first-order valence-corrected chi connectivity index (χ1v) is 10.8. The van der Waals surface area contributed by atoms with E-state index >= 15 is 0 Å². The van der Waals surface area contributed by atoms with Crippen LogP contribution in [0.15, 0.2) is 59.1 Å². The van der Waals surface area contributed by atoms with E-state index in [-0.39, 0.29) is 17.7 Å². The first kappa shape index (κ1) is 19.0. The van der Waals surface area contributed by atoms with Gasteiger partial charge in [-0.25, -0.2) is 0 Å². The number of nitrogens with zero attached hydrogens (tertiary/aromatic N) is 3. The van der Waals surface area contributed by atoms with E-state index in [0.29, 0.717) is 30.1 Å². The van der Waals surface area contributed by atoms with E-state index in [1.54, 1.807) is 0 Å². The number of hydrogen-bond donors (Lipinski definition) is 0. The summed E-state index contributed by atoms with van der Waals surface area (Å²) in [5.41, 5.74) is 3.26. The topological polar surface area (TPSA) is 59.2 Å². The zero-order chi connectivity index (χ0) is 20.7. The highest BCUT2D eigenvalue weighted by Gasteiger charge is 2.54. The van der Waals surface area contributed by atoms with Crippen molar-refractivity contribution in [1.82, 2.24) is 15.0 Å². The maximum atomic E-state index is 13.5. The zero-order valence-corrected chi connectivity index (χ0v) is 17.5. The van der Waals surface area contributed by atoms with Gasteiger partial charge in [-0.1, -0.05) is 59.3 Å². The highest BCUT2D eigenvalue weighted by molar-refractivity contribution is 5.80. The van der Waals surface area contributed by atoms with Crippen molar-refractivity contribution in [3.63, 3.8) is 0 Å². The predicted octanol–water partition coefficient (Wildman–Crippen LogP) is 4.83. The van der Waals surface area contributed by atoms with Gasteiger partial charge < -0.3 is 9.42 Å². The van der Waals surface area contributed by atoms with E-state index in [9.17, 15) is 4.79 Å². The smallest absolute Gasteiger partial charge is 0.231 e. The molecular formula is C25H27N3O2. The van der Waals surface area contributed by atoms with Crippen molar-refractivity contribution in [3.05, 3.63) is 71.6 Å². The van der Waals surface area contributed by atoms with Crippen LogP contribution in [0, 0.1) is 24.7 Å². The molecular weight excluding hydrogens is 374 g/mol. The average molecular weight is 402 g/mol. The maximum Gasteiger partial charge on any atom is 0.231 e. The molecule has 1 aromatic heterocycles. The van der Waals surface area contributed by atoms with Gasteiger partial charge >= 0.3 is 0 Å². The van der Waals surface area contributed by atoms with Gasteiger partial charge in [-0.05, 0) is 49.7 Å². The van der Waals surface area contributed by atoms with Gasteiger partial charge in [0.1, 0.15) is 0 Å². The lowest BCUT2D eigenvalue weighted by Crippen LogP contribution is -2.38. The summed E-state index contributed by atoms with van der Waals surface area (Å²) in [6.45, 7) is 2.68. The number of aromatic nitrogens is 2. The van der Waals surface area contributed by atoms with E-state index in [2.05, 4.69) is 36.3 Å². The molecule has 2 aromatic carbocycles. The fourth-order valence-corrected chi connectivity index (χ4v) is 5.46. The van der Waals surface area contributed by atoms with Gasteiger partial charge in [0.25, 0.3) is 0 Å². The maximum absolute atomic E-state index is 13.5. The van der Waals surface area contributed by atoms with E-state index < -0.39 is 0 Å². The molecule has 0 radical (unpaired) electrons. The van der Waals surface area contributed by atoms with Crippen LogP contribution in [0.5, 0.6) is 0 Å². The Morgan fingerprint density at radius 1 is 1.10 bits per heavy atom. The number of rotatable bonds is 5. The third-order valence-electron chi connectivity index (χ3n) is 6.84. The molecule has 5 heteroatoms. The number of carbonyl (C=O) groups excluding carboxylic acids is 1. The van der Waals surface area contributed by atoms with Crippen LogP contribution in [-0.2, 0) is 11.3 Å². The average Bonchev–Trinajstić information content (AvgIpc) is 3.49. The molecule has 0 aliphatic heterocycles. The lowest BCUT2D eigenvalue weighted by molar-refractivity contribution is -0.137. The second-order valence-corrected chi connectivity index (χ2v) is 8.89. The Morgan fingerprint density at radius 3 is 2.70 bits per heavy atom. The van der Waals surface area contributed by atoms with Crippen molar-refractivity contribution < 1.29 is 9.32 Å². The van der Waals surface area contributed by atoms with E-state index in [1.165, 1.54) is 0 Å². The van der Waals surface area contributed by atoms with Gasteiger partial charge in [0.05, 0.1) is 11.8 Å². The lowest BCUT2D eigenvalue weighted by Gasteiger charge is -2.31.